The molecule has 1 aromatic rings. The molecule has 1 heterocycles. The second-order valence-electron chi connectivity index (χ2n) is 11.7. The van der Waals surface area contributed by atoms with Crippen LogP contribution in [0.3, 0.4) is 0 Å². The average molecular weight is 630 g/mol. The van der Waals surface area contributed by atoms with Gasteiger partial charge in [-0.05, 0) is 57.2 Å². The number of anilines is 1. The molecule has 0 bridgehead atoms. The first-order valence-corrected chi connectivity index (χ1v) is 14.6. The Hall–Kier alpha value is -4.95. The average Bonchev–Trinajstić information content (AvgIpc) is 3.26. The second-order valence-corrected chi connectivity index (χ2v) is 11.7. The zero-order chi connectivity index (χ0) is 33.7. The Morgan fingerprint density at radius 2 is 1.53 bits per heavy atom. The largest absolute Gasteiger partial charge is 0.444 e. The number of imide groups is 1. The summed E-state index contributed by atoms with van der Waals surface area (Å²) < 4.78 is 5.22. The Labute approximate surface area is 262 Å². The minimum Gasteiger partial charge on any atom is -0.444 e. The van der Waals surface area contributed by atoms with Crippen LogP contribution in [0, 0.1) is 5.92 Å². The molecule has 1 aliphatic rings. The standard InChI is InChI=1S/C30H43N7O8/c1-18(2)25(36-22(38)14-16-37-23(39)12-13-24(37)40)27(42)35-21(7-6-15-32-28(31)43)26(41)34-20-10-8-19(9-11-20)17-33-29(44)45-30(3,4)5/h8-13,18,21,25H,6-7,14-17H2,1-5H3,(H,33,44)(H,34,41)(H,35,42)(H,36,38)(H3,31,32,43)/t21-,25-/m0/s1. The lowest BCUT2D eigenvalue weighted by atomic mass is 10.0. The number of benzene rings is 1. The van der Waals surface area contributed by atoms with Crippen molar-refractivity contribution in [2.24, 2.45) is 11.7 Å². The second kappa shape index (κ2) is 16.8. The Bertz CT molecular complexity index is 1270. The van der Waals surface area contributed by atoms with Crippen molar-refractivity contribution in [1.82, 2.24) is 26.2 Å². The number of hydrogen-bond donors (Lipinski definition) is 6. The highest BCUT2D eigenvalue weighted by Gasteiger charge is 2.30. The normalized spacial score (nSPS) is 14.0. The van der Waals surface area contributed by atoms with Crippen molar-refractivity contribution in [3.8, 4) is 0 Å². The van der Waals surface area contributed by atoms with Crippen molar-refractivity contribution in [3.63, 3.8) is 0 Å². The van der Waals surface area contributed by atoms with Crippen LogP contribution in [0.5, 0.6) is 0 Å². The quantitative estimate of drug-likeness (QED) is 0.121. The fourth-order valence-electron chi connectivity index (χ4n) is 4.12. The van der Waals surface area contributed by atoms with Crippen molar-refractivity contribution in [2.45, 2.75) is 78.1 Å². The number of hydrogen-bond acceptors (Lipinski definition) is 8. The van der Waals surface area contributed by atoms with Crippen LogP contribution in [0.15, 0.2) is 36.4 Å². The number of nitrogens with one attached hydrogen (secondary N) is 5. The molecule has 8 amide bonds. The van der Waals surface area contributed by atoms with Gasteiger partial charge in [-0.15, -0.1) is 0 Å². The number of rotatable bonds is 15. The minimum absolute atomic E-state index is 0.140. The first kappa shape index (κ1) is 36.2. The molecule has 0 saturated carbocycles. The fraction of sp³-hybridized carbons (Fsp3) is 0.500. The van der Waals surface area contributed by atoms with Gasteiger partial charge >= 0.3 is 12.1 Å². The van der Waals surface area contributed by atoms with Crippen LogP contribution >= 0.6 is 0 Å². The summed E-state index contributed by atoms with van der Waals surface area (Å²) in [6.07, 6.45) is 1.92. The maximum Gasteiger partial charge on any atom is 0.407 e. The minimum atomic E-state index is -1.04. The van der Waals surface area contributed by atoms with E-state index < -0.39 is 59.3 Å². The smallest absolute Gasteiger partial charge is 0.407 e. The highest BCUT2D eigenvalue weighted by molar-refractivity contribution is 6.13. The maximum atomic E-state index is 13.3. The van der Waals surface area contributed by atoms with Gasteiger partial charge in [-0.25, -0.2) is 9.59 Å². The van der Waals surface area contributed by atoms with Gasteiger partial charge in [0.1, 0.15) is 17.7 Å². The molecule has 0 radical (unpaired) electrons. The van der Waals surface area contributed by atoms with E-state index >= 15 is 0 Å². The van der Waals surface area contributed by atoms with E-state index in [1.807, 2.05) is 0 Å². The summed E-state index contributed by atoms with van der Waals surface area (Å²) in [6, 6.07) is 3.92. The first-order valence-electron chi connectivity index (χ1n) is 14.6. The molecular formula is C30H43N7O8. The van der Waals surface area contributed by atoms with Gasteiger partial charge in [0.25, 0.3) is 11.8 Å². The zero-order valence-electron chi connectivity index (χ0n) is 26.2. The fourth-order valence-corrected chi connectivity index (χ4v) is 4.12. The summed E-state index contributed by atoms with van der Waals surface area (Å²) in [6.45, 7) is 8.94. The van der Waals surface area contributed by atoms with Gasteiger partial charge < -0.3 is 37.1 Å². The van der Waals surface area contributed by atoms with Crippen LogP contribution in [0.2, 0.25) is 0 Å². The van der Waals surface area contributed by atoms with Gasteiger partial charge in [0, 0.05) is 43.9 Å². The van der Waals surface area contributed by atoms with Gasteiger partial charge in [0.05, 0.1) is 0 Å². The molecule has 0 fully saturated rings. The molecule has 0 unspecified atom stereocenters. The number of carbonyl (C=O) groups excluding carboxylic acids is 7. The third-order valence-corrected chi connectivity index (χ3v) is 6.39. The Balaban J connectivity index is 2.03. The molecule has 15 heteroatoms. The molecule has 0 aromatic heterocycles. The van der Waals surface area contributed by atoms with Gasteiger partial charge in [-0.2, -0.15) is 0 Å². The van der Waals surface area contributed by atoms with E-state index in [4.69, 9.17) is 10.5 Å². The van der Waals surface area contributed by atoms with Gasteiger partial charge in [-0.3, -0.25) is 28.9 Å². The molecule has 1 aliphatic heterocycles. The lowest BCUT2D eigenvalue weighted by Crippen LogP contribution is -2.54. The molecule has 2 rings (SSSR count). The Kier molecular flexibility index (Phi) is 13.5. The van der Waals surface area contributed by atoms with Crippen molar-refractivity contribution < 1.29 is 38.3 Å². The van der Waals surface area contributed by atoms with E-state index in [1.165, 1.54) is 0 Å². The number of nitrogens with zero attached hydrogens (tertiary/aromatic N) is 1. The molecule has 7 N–H and O–H groups in total. The first-order chi connectivity index (χ1) is 21.1. The molecular weight excluding hydrogens is 586 g/mol. The van der Waals surface area contributed by atoms with Crippen molar-refractivity contribution in [3.05, 3.63) is 42.0 Å². The number of carbonyl (C=O) groups is 7. The molecule has 0 spiro atoms. The number of alkyl carbamates (subject to hydrolysis) is 1. The summed E-state index contributed by atoms with van der Waals surface area (Å²) >= 11 is 0. The van der Waals surface area contributed by atoms with E-state index in [9.17, 15) is 33.6 Å². The summed E-state index contributed by atoms with van der Waals surface area (Å²) in [5, 5.41) is 13.1. The number of urea groups is 1. The number of ether oxygens (including phenoxy) is 1. The van der Waals surface area contributed by atoms with Gasteiger partial charge in [0.2, 0.25) is 17.7 Å². The predicted octanol–water partition coefficient (Wildman–Crippen LogP) is 1.04. The predicted molar refractivity (Wildman–Crippen MR) is 164 cm³/mol. The van der Waals surface area contributed by atoms with Crippen molar-refractivity contribution in [2.75, 3.05) is 18.4 Å². The molecule has 0 aliphatic carbocycles. The molecule has 2 atom stereocenters. The number of nitrogens with two attached hydrogens (primary N) is 1. The Morgan fingerprint density at radius 3 is 2.09 bits per heavy atom. The molecule has 1 aromatic carbocycles. The van der Waals surface area contributed by atoms with Crippen LogP contribution in [-0.2, 0) is 35.3 Å². The number of primary amides is 1. The lowest BCUT2D eigenvalue weighted by Gasteiger charge is -2.25. The summed E-state index contributed by atoms with van der Waals surface area (Å²) in [7, 11) is 0. The van der Waals surface area contributed by atoms with Crippen LogP contribution in [-0.4, -0.2) is 77.3 Å². The summed E-state index contributed by atoms with van der Waals surface area (Å²) in [5.41, 5.74) is 5.68. The third kappa shape index (κ3) is 13.1. The van der Waals surface area contributed by atoms with Crippen molar-refractivity contribution in [1.29, 1.82) is 0 Å². The van der Waals surface area contributed by atoms with E-state index in [1.54, 1.807) is 58.9 Å². The highest BCUT2D eigenvalue weighted by atomic mass is 16.6. The summed E-state index contributed by atoms with van der Waals surface area (Å²) in [4.78, 5) is 86.5. The van der Waals surface area contributed by atoms with E-state index in [0.717, 1.165) is 22.6 Å². The van der Waals surface area contributed by atoms with Gasteiger partial charge in [0.15, 0.2) is 0 Å². The number of amides is 8. The van der Waals surface area contributed by atoms with Crippen LogP contribution in [0.25, 0.3) is 0 Å². The summed E-state index contributed by atoms with van der Waals surface area (Å²) in [5.74, 6) is -3.10. The van der Waals surface area contributed by atoms with Gasteiger partial charge in [-0.1, -0.05) is 26.0 Å². The van der Waals surface area contributed by atoms with Crippen LogP contribution < -0.4 is 32.3 Å². The molecule has 0 saturated heterocycles. The SMILES string of the molecule is CC(C)[C@H](NC(=O)CCN1C(=O)C=CC1=O)C(=O)N[C@@H](CCCNC(N)=O)C(=O)Nc1ccc(CNC(=O)OC(C)(C)C)cc1. The monoisotopic (exact) mass is 629 g/mol. The van der Waals surface area contributed by atoms with Crippen LogP contribution in [0.4, 0.5) is 15.3 Å². The topological polar surface area (TPSA) is 218 Å². The maximum absolute atomic E-state index is 13.3. The Morgan fingerprint density at radius 1 is 0.911 bits per heavy atom. The van der Waals surface area contributed by atoms with Crippen LogP contribution in [0.1, 0.15) is 59.4 Å². The molecule has 15 nitrogen and oxygen atoms in total. The highest BCUT2D eigenvalue weighted by Crippen LogP contribution is 2.13. The van der Waals surface area contributed by atoms with E-state index in [2.05, 4.69) is 26.6 Å². The van der Waals surface area contributed by atoms with E-state index in [0.29, 0.717) is 12.1 Å². The zero-order valence-corrected chi connectivity index (χ0v) is 26.2. The van der Waals surface area contributed by atoms with Crippen molar-refractivity contribution >= 4 is 47.3 Å². The molecule has 246 valence electrons. The third-order valence-electron chi connectivity index (χ3n) is 6.39. The lowest BCUT2D eigenvalue weighted by molar-refractivity contribution is -0.137. The van der Waals surface area contributed by atoms with E-state index in [-0.39, 0.29) is 38.4 Å². The molecule has 45 heavy (non-hydrogen) atoms.